The number of hydrogen-bond acceptors (Lipinski definition) is 4. The quantitative estimate of drug-likeness (QED) is 0.757. The maximum Gasteiger partial charge on any atom is 0.0835 e. The maximum atomic E-state index is 6.28. The Hall–Kier alpha value is -0.620. The van der Waals surface area contributed by atoms with E-state index in [0.29, 0.717) is 24.8 Å². The molecule has 2 atom stereocenters. The first kappa shape index (κ1) is 16.4. The van der Waals surface area contributed by atoms with Gasteiger partial charge in [0.1, 0.15) is 0 Å². The molecule has 0 aromatic carbocycles. The number of nitrogens with zero attached hydrogens (tertiary/aromatic N) is 2. The van der Waals surface area contributed by atoms with Gasteiger partial charge >= 0.3 is 0 Å². The molecular formula is C13H24ClN3O2. The van der Waals surface area contributed by atoms with E-state index in [2.05, 4.69) is 17.3 Å². The molecule has 6 heteroatoms. The summed E-state index contributed by atoms with van der Waals surface area (Å²) in [6, 6.07) is 0.0248. The fourth-order valence-corrected chi connectivity index (χ4v) is 2.36. The lowest BCUT2D eigenvalue weighted by atomic mass is 10.1. The zero-order valence-corrected chi connectivity index (χ0v) is 12.9. The second kappa shape index (κ2) is 8.53. The van der Waals surface area contributed by atoms with Gasteiger partial charge in [-0.2, -0.15) is 5.10 Å². The van der Waals surface area contributed by atoms with Crippen LogP contribution in [0.3, 0.4) is 0 Å². The van der Waals surface area contributed by atoms with Crippen LogP contribution in [0.1, 0.15) is 32.5 Å². The van der Waals surface area contributed by atoms with Crippen molar-refractivity contribution in [2.24, 2.45) is 0 Å². The molecule has 1 aromatic rings. The molecule has 1 N–H and O–H groups in total. The summed E-state index contributed by atoms with van der Waals surface area (Å²) in [6.45, 7) is 8.90. The van der Waals surface area contributed by atoms with Crippen LogP contribution in [0.5, 0.6) is 0 Å². The van der Waals surface area contributed by atoms with Crippen LogP contribution < -0.4 is 5.32 Å². The highest BCUT2D eigenvalue weighted by Crippen LogP contribution is 2.26. The van der Waals surface area contributed by atoms with Crippen LogP contribution in [0.2, 0.25) is 5.02 Å². The molecule has 0 amide bonds. The van der Waals surface area contributed by atoms with Crippen LogP contribution in [0.4, 0.5) is 0 Å². The third-order valence-electron chi connectivity index (χ3n) is 2.96. The van der Waals surface area contributed by atoms with Crippen molar-refractivity contribution < 1.29 is 9.47 Å². The number of nitrogens with one attached hydrogen (secondary N) is 1. The zero-order chi connectivity index (χ0) is 14.3. The van der Waals surface area contributed by atoms with Gasteiger partial charge in [-0.1, -0.05) is 18.5 Å². The molecule has 1 aromatic heterocycles. The second-order valence-corrected chi connectivity index (χ2v) is 4.70. The van der Waals surface area contributed by atoms with Crippen molar-refractivity contribution in [3.8, 4) is 0 Å². The molecule has 0 aliphatic heterocycles. The fourth-order valence-electron chi connectivity index (χ4n) is 2.10. The highest BCUT2D eigenvalue weighted by Gasteiger charge is 2.25. The maximum absolute atomic E-state index is 6.28. The van der Waals surface area contributed by atoms with Gasteiger partial charge in [0, 0.05) is 13.7 Å². The number of aromatic nitrogens is 2. The minimum absolute atomic E-state index is 0.0248. The molecule has 2 unspecified atom stereocenters. The second-order valence-electron chi connectivity index (χ2n) is 4.29. The Bertz CT molecular complexity index is 371. The summed E-state index contributed by atoms with van der Waals surface area (Å²) in [5.74, 6) is 0. The average molecular weight is 290 g/mol. The minimum Gasteiger partial charge on any atom is -0.383 e. The van der Waals surface area contributed by atoms with Crippen molar-refractivity contribution in [1.29, 1.82) is 0 Å². The summed E-state index contributed by atoms with van der Waals surface area (Å²) in [6.07, 6.45) is 1.70. The van der Waals surface area contributed by atoms with Crippen molar-refractivity contribution >= 4 is 11.6 Å². The normalized spacial score (nSPS) is 14.6. The molecule has 0 aliphatic rings. The van der Waals surface area contributed by atoms with Crippen LogP contribution in [0.25, 0.3) is 0 Å². The number of methoxy groups -OCH3 is 1. The molecule has 0 saturated heterocycles. The minimum atomic E-state index is 0.0248. The Balaban J connectivity index is 2.96. The van der Waals surface area contributed by atoms with E-state index < -0.39 is 0 Å². The summed E-state index contributed by atoms with van der Waals surface area (Å²) >= 11 is 6.28. The molecule has 0 aliphatic carbocycles. The van der Waals surface area contributed by atoms with Gasteiger partial charge in [-0.15, -0.1) is 0 Å². The fraction of sp³-hybridized carbons (Fsp3) is 0.769. The molecule has 110 valence electrons. The third kappa shape index (κ3) is 4.45. The van der Waals surface area contributed by atoms with Gasteiger partial charge in [0.2, 0.25) is 0 Å². The number of halogens is 1. The lowest BCUT2D eigenvalue weighted by Gasteiger charge is -2.26. The molecule has 19 heavy (non-hydrogen) atoms. The first-order valence-electron chi connectivity index (χ1n) is 6.70. The van der Waals surface area contributed by atoms with E-state index >= 15 is 0 Å². The molecule has 0 radical (unpaired) electrons. The Kier molecular flexibility index (Phi) is 7.38. The topological polar surface area (TPSA) is 48.3 Å². The molecular weight excluding hydrogens is 266 g/mol. The van der Waals surface area contributed by atoms with E-state index in [1.165, 1.54) is 0 Å². The van der Waals surface area contributed by atoms with E-state index in [1.807, 2.05) is 18.5 Å². The Morgan fingerprint density at radius 2 is 2.21 bits per heavy atom. The van der Waals surface area contributed by atoms with Crippen LogP contribution >= 0.6 is 11.6 Å². The number of hydrogen-bond donors (Lipinski definition) is 1. The number of ether oxygens (including phenoxy) is 2. The van der Waals surface area contributed by atoms with Crippen molar-refractivity contribution in [3.05, 3.63) is 16.9 Å². The van der Waals surface area contributed by atoms with Gasteiger partial charge in [-0.25, -0.2) is 0 Å². The van der Waals surface area contributed by atoms with Gasteiger partial charge in [0.05, 0.1) is 42.2 Å². The first-order valence-corrected chi connectivity index (χ1v) is 7.08. The molecule has 0 bridgehead atoms. The molecule has 0 spiro atoms. The smallest absolute Gasteiger partial charge is 0.0835 e. The summed E-state index contributed by atoms with van der Waals surface area (Å²) in [5, 5.41) is 8.38. The van der Waals surface area contributed by atoms with E-state index in [9.17, 15) is 0 Å². The monoisotopic (exact) mass is 289 g/mol. The van der Waals surface area contributed by atoms with Gasteiger partial charge in [-0.3, -0.25) is 4.68 Å². The summed E-state index contributed by atoms with van der Waals surface area (Å²) < 4.78 is 12.7. The highest BCUT2D eigenvalue weighted by molar-refractivity contribution is 6.31. The van der Waals surface area contributed by atoms with Crippen LogP contribution in [0, 0.1) is 0 Å². The largest absolute Gasteiger partial charge is 0.383 e. The van der Waals surface area contributed by atoms with E-state index in [-0.39, 0.29) is 12.1 Å². The van der Waals surface area contributed by atoms with Gasteiger partial charge < -0.3 is 14.8 Å². The lowest BCUT2D eigenvalue weighted by Crippen LogP contribution is -2.34. The Morgan fingerprint density at radius 3 is 2.79 bits per heavy atom. The third-order valence-corrected chi connectivity index (χ3v) is 3.25. The van der Waals surface area contributed by atoms with E-state index in [4.69, 9.17) is 21.1 Å². The highest BCUT2D eigenvalue weighted by atomic mass is 35.5. The van der Waals surface area contributed by atoms with Gasteiger partial charge in [0.15, 0.2) is 0 Å². The zero-order valence-electron chi connectivity index (χ0n) is 12.1. The van der Waals surface area contributed by atoms with Gasteiger partial charge in [-0.05, 0) is 20.4 Å². The summed E-state index contributed by atoms with van der Waals surface area (Å²) in [5.41, 5.74) is 0.960. The number of rotatable bonds is 9. The lowest BCUT2D eigenvalue weighted by molar-refractivity contribution is 0.0448. The summed E-state index contributed by atoms with van der Waals surface area (Å²) in [7, 11) is 1.68. The van der Waals surface area contributed by atoms with Crippen molar-refractivity contribution in [1.82, 2.24) is 15.1 Å². The number of likely N-dealkylation sites (N-methyl/N-ethyl adjacent to an activating group) is 1. The average Bonchev–Trinajstić information content (AvgIpc) is 2.75. The first-order chi connectivity index (χ1) is 9.15. The summed E-state index contributed by atoms with van der Waals surface area (Å²) in [4.78, 5) is 0. The predicted octanol–water partition coefficient (Wildman–Crippen LogP) is 2.26. The van der Waals surface area contributed by atoms with Crippen LogP contribution in [-0.4, -0.2) is 42.8 Å². The molecule has 0 saturated carbocycles. The SMILES string of the molecule is CCNC(c1c(Cl)cnn1CCOC)C(C)OCC. The van der Waals surface area contributed by atoms with Crippen molar-refractivity contribution in [2.45, 2.75) is 39.5 Å². The van der Waals surface area contributed by atoms with E-state index in [1.54, 1.807) is 13.3 Å². The van der Waals surface area contributed by atoms with Gasteiger partial charge in [0.25, 0.3) is 0 Å². The van der Waals surface area contributed by atoms with E-state index in [0.717, 1.165) is 12.2 Å². The predicted molar refractivity (Wildman–Crippen MR) is 76.6 cm³/mol. The molecule has 0 fully saturated rings. The molecule has 5 nitrogen and oxygen atoms in total. The molecule has 1 heterocycles. The standard InChI is InChI=1S/C13H24ClN3O2/c1-5-15-12(10(3)19-6-2)13-11(14)9-16-17(13)7-8-18-4/h9-10,12,15H,5-8H2,1-4H3. The molecule has 1 rings (SSSR count). The van der Waals surface area contributed by atoms with Crippen LogP contribution in [-0.2, 0) is 16.0 Å². The Morgan fingerprint density at radius 1 is 1.47 bits per heavy atom. The Labute approximate surface area is 120 Å². The van der Waals surface area contributed by atoms with Crippen molar-refractivity contribution in [2.75, 3.05) is 26.9 Å². The van der Waals surface area contributed by atoms with Crippen LogP contribution in [0.15, 0.2) is 6.20 Å². The van der Waals surface area contributed by atoms with Crippen molar-refractivity contribution in [3.63, 3.8) is 0 Å².